The lowest BCUT2D eigenvalue weighted by Gasteiger charge is -2.25. The van der Waals surface area contributed by atoms with Crippen molar-refractivity contribution < 1.29 is 14.3 Å². The second kappa shape index (κ2) is 8.79. The van der Waals surface area contributed by atoms with E-state index in [9.17, 15) is 4.79 Å². The first-order valence-corrected chi connectivity index (χ1v) is 8.22. The van der Waals surface area contributed by atoms with Crippen LogP contribution in [0, 0.1) is 5.92 Å². The highest BCUT2D eigenvalue weighted by molar-refractivity contribution is 5.78. The summed E-state index contributed by atoms with van der Waals surface area (Å²) in [4.78, 5) is 14.1. The maximum atomic E-state index is 12.3. The smallest absolute Gasteiger partial charge is 0.226 e. The molecule has 0 spiro atoms. The fourth-order valence-electron chi connectivity index (χ4n) is 2.72. The van der Waals surface area contributed by atoms with Crippen LogP contribution < -0.4 is 4.74 Å². The summed E-state index contributed by atoms with van der Waals surface area (Å²) in [6, 6.07) is 7.78. The molecule has 1 aromatic rings. The van der Waals surface area contributed by atoms with Gasteiger partial charge in [0.1, 0.15) is 5.75 Å². The van der Waals surface area contributed by atoms with E-state index in [1.54, 1.807) is 0 Å². The highest BCUT2D eigenvalue weighted by atomic mass is 16.5. The van der Waals surface area contributed by atoms with Gasteiger partial charge in [0.25, 0.3) is 0 Å². The van der Waals surface area contributed by atoms with E-state index in [4.69, 9.17) is 9.47 Å². The van der Waals surface area contributed by atoms with Crippen LogP contribution >= 0.6 is 0 Å². The number of hydrogen-bond donors (Lipinski definition) is 0. The van der Waals surface area contributed by atoms with E-state index in [2.05, 4.69) is 0 Å². The number of ether oxygens (including phenoxy) is 2. The van der Waals surface area contributed by atoms with Gasteiger partial charge < -0.3 is 14.4 Å². The summed E-state index contributed by atoms with van der Waals surface area (Å²) in [6.07, 6.45) is 3.79. The van der Waals surface area contributed by atoms with Gasteiger partial charge in [0.15, 0.2) is 0 Å². The van der Waals surface area contributed by atoms with Crippen LogP contribution in [0.2, 0.25) is 0 Å². The van der Waals surface area contributed by atoms with Crippen molar-refractivity contribution >= 4 is 5.91 Å². The quantitative estimate of drug-likeness (QED) is 0.777. The van der Waals surface area contributed by atoms with Gasteiger partial charge in [-0.3, -0.25) is 4.79 Å². The summed E-state index contributed by atoms with van der Waals surface area (Å²) in [6.45, 7) is 5.20. The summed E-state index contributed by atoms with van der Waals surface area (Å²) >= 11 is 0. The summed E-state index contributed by atoms with van der Waals surface area (Å²) < 4.78 is 10.8. The number of benzene rings is 1. The number of carbonyl (C=O) groups is 1. The largest absolute Gasteiger partial charge is 0.494 e. The normalized spacial score (nSPS) is 15.5. The Balaban J connectivity index is 1.75. The third-order valence-corrected chi connectivity index (χ3v) is 4.23. The Labute approximate surface area is 133 Å². The van der Waals surface area contributed by atoms with Gasteiger partial charge in [-0.15, -0.1) is 0 Å². The molecular weight excluding hydrogens is 278 g/mol. The van der Waals surface area contributed by atoms with Crippen molar-refractivity contribution in [3.63, 3.8) is 0 Å². The van der Waals surface area contributed by atoms with E-state index in [-0.39, 0.29) is 5.91 Å². The molecule has 1 heterocycles. The Hall–Kier alpha value is -1.55. The van der Waals surface area contributed by atoms with Gasteiger partial charge in [0, 0.05) is 26.8 Å². The zero-order valence-electron chi connectivity index (χ0n) is 13.7. The minimum absolute atomic E-state index is 0.177. The predicted molar refractivity (Wildman–Crippen MR) is 87.1 cm³/mol. The molecule has 1 aliphatic heterocycles. The van der Waals surface area contributed by atoms with E-state index in [1.807, 2.05) is 43.1 Å². The molecular formula is C18H27NO3. The number of carbonyl (C=O) groups excluding carboxylic acids is 1. The Bertz CT molecular complexity index is 452. The molecule has 1 aliphatic rings. The number of amides is 1. The number of rotatable bonds is 7. The lowest BCUT2D eigenvalue weighted by atomic mass is 9.96. The number of nitrogens with zero attached hydrogens (tertiary/aromatic N) is 1. The fraction of sp³-hybridized carbons (Fsp3) is 0.611. The highest BCUT2D eigenvalue weighted by Gasteiger charge is 2.16. The monoisotopic (exact) mass is 305 g/mol. The molecule has 122 valence electrons. The van der Waals surface area contributed by atoms with Gasteiger partial charge in [-0.2, -0.15) is 0 Å². The van der Waals surface area contributed by atoms with Crippen LogP contribution in [0.25, 0.3) is 0 Å². The Morgan fingerprint density at radius 2 is 1.95 bits per heavy atom. The first-order valence-electron chi connectivity index (χ1n) is 8.22. The zero-order valence-corrected chi connectivity index (χ0v) is 13.7. The van der Waals surface area contributed by atoms with Crippen LogP contribution in [0.1, 0.15) is 31.7 Å². The van der Waals surface area contributed by atoms with Crippen molar-refractivity contribution in [1.29, 1.82) is 0 Å². The van der Waals surface area contributed by atoms with E-state index < -0.39 is 0 Å². The molecule has 2 rings (SSSR count). The van der Waals surface area contributed by atoms with Gasteiger partial charge in [-0.05, 0) is 49.8 Å². The number of likely N-dealkylation sites (N-methyl/N-ethyl adjacent to an activating group) is 1. The summed E-state index contributed by atoms with van der Waals surface area (Å²) in [5.41, 5.74) is 1.03. The maximum Gasteiger partial charge on any atom is 0.226 e. The maximum absolute atomic E-state index is 12.3. The highest BCUT2D eigenvalue weighted by Crippen LogP contribution is 2.19. The van der Waals surface area contributed by atoms with E-state index in [0.29, 0.717) is 18.9 Å². The van der Waals surface area contributed by atoms with Crippen molar-refractivity contribution in [1.82, 2.24) is 4.90 Å². The molecule has 1 aromatic carbocycles. The molecule has 1 amide bonds. The van der Waals surface area contributed by atoms with Crippen molar-refractivity contribution in [2.75, 3.05) is 33.4 Å². The van der Waals surface area contributed by atoms with Crippen molar-refractivity contribution in [2.24, 2.45) is 5.92 Å². The Morgan fingerprint density at radius 1 is 1.27 bits per heavy atom. The van der Waals surface area contributed by atoms with Gasteiger partial charge >= 0.3 is 0 Å². The minimum Gasteiger partial charge on any atom is -0.494 e. The Kier molecular flexibility index (Phi) is 6.72. The van der Waals surface area contributed by atoms with Crippen LogP contribution in [-0.4, -0.2) is 44.2 Å². The zero-order chi connectivity index (χ0) is 15.8. The second-order valence-corrected chi connectivity index (χ2v) is 5.91. The first-order chi connectivity index (χ1) is 10.7. The minimum atomic E-state index is 0.177. The van der Waals surface area contributed by atoms with Gasteiger partial charge in [0.2, 0.25) is 5.91 Å². The van der Waals surface area contributed by atoms with Gasteiger partial charge in [-0.1, -0.05) is 12.1 Å². The molecule has 0 N–H and O–H groups in total. The van der Waals surface area contributed by atoms with Crippen LogP contribution in [0.4, 0.5) is 0 Å². The second-order valence-electron chi connectivity index (χ2n) is 5.91. The molecule has 0 radical (unpaired) electrons. The topological polar surface area (TPSA) is 38.8 Å². The summed E-state index contributed by atoms with van der Waals surface area (Å²) in [5, 5.41) is 0. The van der Waals surface area contributed by atoms with Crippen LogP contribution in [0.5, 0.6) is 5.75 Å². The standard InChI is InChI=1S/C18H27NO3/c1-3-22-17-6-4-16(5-7-17)14-18(20)19(2)11-8-15-9-12-21-13-10-15/h4-7,15H,3,8-14H2,1-2H3. The molecule has 4 heteroatoms. The first kappa shape index (κ1) is 16.8. The average molecular weight is 305 g/mol. The van der Waals surface area contributed by atoms with Crippen molar-refractivity contribution in [2.45, 2.75) is 32.6 Å². The van der Waals surface area contributed by atoms with Crippen molar-refractivity contribution in [3.05, 3.63) is 29.8 Å². The molecule has 0 aromatic heterocycles. The lowest BCUT2D eigenvalue weighted by molar-refractivity contribution is -0.129. The molecule has 0 unspecified atom stereocenters. The average Bonchev–Trinajstić information content (AvgIpc) is 2.55. The molecule has 22 heavy (non-hydrogen) atoms. The number of hydrogen-bond acceptors (Lipinski definition) is 3. The van der Waals surface area contributed by atoms with Crippen LogP contribution in [0.15, 0.2) is 24.3 Å². The third-order valence-electron chi connectivity index (χ3n) is 4.23. The van der Waals surface area contributed by atoms with E-state index in [0.717, 1.165) is 50.3 Å². The van der Waals surface area contributed by atoms with E-state index in [1.165, 1.54) is 0 Å². The summed E-state index contributed by atoms with van der Waals surface area (Å²) in [7, 11) is 1.90. The third kappa shape index (κ3) is 5.34. The SMILES string of the molecule is CCOc1ccc(CC(=O)N(C)CCC2CCOCC2)cc1. The molecule has 1 saturated heterocycles. The molecule has 0 saturated carbocycles. The molecule has 0 bridgehead atoms. The van der Waals surface area contributed by atoms with E-state index >= 15 is 0 Å². The molecule has 4 nitrogen and oxygen atoms in total. The van der Waals surface area contributed by atoms with Gasteiger partial charge in [0.05, 0.1) is 13.0 Å². The van der Waals surface area contributed by atoms with Crippen LogP contribution in [0.3, 0.4) is 0 Å². The predicted octanol–water partition coefficient (Wildman–Crippen LogP) is 2.90. The van der Waals surface area contributed by atoms with Crippen LogP contribution in [-0.2, 0) is 16.0 Å². The van der Waals surface area contributed by atoms with Gasteiger partial charge in [-0.25, -0.2) is 0 Å². The summed E-state index contributed by atoms with van der Waals surface area (Å²) in [5.74, 6) is 1.73. The molecule has 0 aliphatic carbocycles. The van der Waals surface area contributed by atoms with Crippen molar-refractivity contribution in [3.8, 4) is 5.75 Å². The lowest BCUT2D eigenvalue weighted by Crippen LogP contribution is -2.31. The molecule has 0 atom stereocenters. The fourth-order valence-corrected chi connectivity index (χ4v) is 2.72. The Morgan fingerprint density at radius 3 is 2.59 bits per heavy atom. The molecule has 1 fully saturated rings.